The lowest BCUT2D eigenvalue weighted by Gasteiger charge is -2.40. The van der Waals surface area contributed by atoms with Gasteiger partial charge < -0.3 is 10.4 Å². The number of hydrogen-bond acceptors (Lipinski definition) is 2. The Labute approximate surface area is 162 Å². The zero-order valence-corrected chi connectivity index (χ0v) is 15.8. The summed E-state index contributed by atoms with van der Waals surface area (Å²) in [6, 6.07) is 13.5. The number of benzene rings is 2. The van der Waals surface area contributed by atoms with Crippen molar-refractivity contribution >= 4 is 11.7 Å². The van der Waals surface area contributed by atoms with Crippen LogP contribution in [0.15, 0.2) is 48.5 Å². The van der Waals surface area contributed by atoms with E-state index in [1.54, 1.807) is 6.92 Å². The van der Waals surface area contributed by atoms with Crippen LogP contribution in [0.1, 0.15) is 55.3 Å². The first-order chi connectivity index (χ1) is 13.2. The molecule has 2 aromatic carbocycles. The molecule has 0 bridgehead atoms. The predicted octanol–water partition coefficient (Wildman–Crippen LogP) is 6.09. The number of carbonyl (C=O) groups is 1. The van der Waals surface area contributed by atoms with Crippen LogP contribution in [0.4, 0.5) is 18.9 Å². The van der Waals surface area contributed by atoms with E-state index in [0.29, 0.717) is 24.1 Å². The molecule has 28 heavy (non-hydrogen) atoms. The summed E-state index contributed by atoms with van der Waals surface area (Å²) >= 11 is 0. The smallest absolute Gasteiger partial charge is 0.416 e. The van der Waals surface area contributed by atoms with Crippen molar-refractivity contribution in [2.45, 2.75) is 44.8 Å². The van der Waals surface area contributed by atoms with Crippen LogP contribution in [0.2, 0.25) is 0 Å². The number of rotatable bonds is 5. The van der Waals surface area contributed by atoms with Gasteiger partial charge in [0.15, 0.2) is 0 Å². The number of fused-ring (bicyclic) bond motifs is 1. The SMILES string of the molecule is CC(CC[C@@H]1[C@H](C)c2cc(C(F)(F)F)ccc2N[C@H]1c1ccccc1)C(=O)O. The van der Waals surface area contributed by atoms with Crippen LogP contribution in [-0.4, -0.2) is 11.1 Å². The Morgan fingerprint density at radius 1 is 1.18 bits per heavy atom. The van der Waals surface area contributed by atoms with E-state index >= 15 is 0 Å². The molecule has 0 saturated carbocycles. The third-order valence-corrected chi connectivity index (χ3v) is 5.76. The summed E-state index contributed by atoms with van der Waals surface area (Å²) in [5, 5.41) is 12.6. The van der Waals surface area contributed by atoms with Gasteiger partial charge in [0.2, 0.25) is 0 Å². The maximum Gasteiger partial charge on any atom is 0.416 e. The Hall–Kier alpha value is -2.50. The van der Waals surface area contributed by atoms with Crippen molar-refractivity contribution in [2.75, 3.05) is 5.32 Å². The van der Waals surface area contributed by atoms with Gasteiger partial charge in [-0.25, -0.2) is 0 Å². The predicted molar refractivity (Wildman–Crippen MR) is 102 cm³/mol. The summed E-state index contributed by atoms with van der Waals surface area (Å²) in [6.45, 7) is 3.60. The summed E-state index contributed by atoms with van der Waals surface area (Å²) < 4.78 is 39.5. The van der Waals surface area contributed by atoms with Crippen LogP contribution >= 0.6 is 0 Å². The number of carboxylic acid groups (broad SMARTS) is 1. The molecule has 1 heterocycles. The Bertz CT molecular complexity index is 835. The highest BCUT2D eigenvalue weighted by Crippen LogP contribution is 2.48. The number of nitrogens with one attached hydrogen (secondary N) is 1. The van der Waals surface area contributed by atoms with E-state index in [4.69, 9.17) is 0 Å². The van der Waals surface area contributed by atoms with Crippen molar-refractivity contribution < 1.29 is 23.1 Å². The molecule has 0 aliphatic carbocycles. The zero-order chi connectivity index (χ0) is 20.5. The Morgan fingerprint density at radius 2 is 1.86 bits per heavy atom. The highest BCUT2D eigenvalue weighted by Gasteiger charge is 2.38. The third kappa shape index (κ3) is 4.16. The Balaban J connectivity index is 1.97. The van der Waals surface area contributed by atoms with Crippen molar-refractivity contribution in [2.24, 2.45) is 11.8 Å². The van der Waals surface area contributed by atoms with E-state index in [9.17, 15) is 23.1 Å². The molecule has 1 aliphatic heterocycles. The molecule has 2 N–H and O–H groups in total. The second kappa shape index (κ2) is 7.86. The normalized spacial score (nSPS) is 22.8. The minimum atomic E-state index is -4.39. The average Bonchev–Trinajstić information content (AvgIpc) is 2.66. The van der Waals surface area contributed by atoms with Crippen LogP contribution < -0.4 is 5.32 Å². The second-order valence-corrected chi connectivity index (χ2v) is 7.60. The van der Waals surface area contributed by atoms with E-state index in [1.807, 2.05) is 37.3 Å². The number of hydrogen-bond donors (Lipinski definition) is 2. The van der Waals surface area contributed by atoms with Gasteiger partial charge in [0.1, 0.15) is 0 Å². The number of alkyl halides is 3. The highest BCUT2D eigenvalue weighted by molar-refractivity contribution is 5.69. The van der Waals surface area contributed by atoms with Crippen LogP contribution in [0.25, 0.3) is 0 Å². The first kappa shape index (κ1) is 20.2. The van der Waals surface area contributed by atoms with Gasteiger partial charge in [0.25, 0.3) is 0 Å². The monoisotopic (exact) mass is 391 g/mol. The van der Waals surface area contributed by atoms with E-state index < -0.39 is 23.6 Å². The van der Waals surface area contributed by atoms with Gasteiger partial charge >= 0.3 is 12.1 Å². The average molecular weight is 391 g/mol. The second-order valence-electron chi connectivity index (χ2n) is 7.60. The Kier molecular flexibility index (Phi) is 5.68. The maximum atomic E-state index is 13.2. The number of carboxylic acids is 1. The molecule has 0 saturated heterocycles. The highest BCUT2D eigenvalue weighted by atomic mass is 19.4. The third-order valence-electron chi connectivity index (χ3n) is 5.76. The van der Waals surface area contributed by atoms with Crippen molar-refractivity contribution in [3.8, 4) is 0 Å². The lowest BCUT2D eigenvalue weighted by Crippen LogP contribution is -2.31. The fraction of sp³-hybridized carbons (Fsp3) is 0.409. The van der Waals surface area contributed by atoms with Crippen molar-refractivity contribution in [3.05, 3.63) is 65.2 Å². The molecule has 1 unspecified atom stereocenters. The molecular formula is C22H24F3NO2. The molecule has 0 radical (unpaired) electrons. The summed E-state index contributed by atoms with van der Waals surface area (Å²) in [6.07, 6.45) is -3.31. The van der Waals surface area contributed by atoms with Gasteiger partial charge in [-0.05, 0) is 54.0 Å². The molecule has 2 aromatic rings. The van der Waals surface area contributed by atoms with Crippen LogP contribution in [0, 0.1) is 11.8 Å². The standard InChI is InChI=1S/C22H24F3NO2/c1-13(21(27)28)8-10-17-14(2)18-12-16(22(23,24)25)9-11-19(18)26-20(17)15-6-4-3-5-7-15/h3-7,9,11-14,17,20,26H,8,10H2,1-2H3,(H,27,28)/t13?,14-,17+,20-/m0/s1. The molecule has 4 atom stereocenters. The van der Waals surface area contributed by atoms with E-state index in [0.717, 1.165) is 11.6 Å². The lowest BCUT2D eigenvalue weighted by molar-refractivity contribution is -0.141. The largest absolute Gasteiger partial charge is 0.481 e. The fourth-order valence-electron chi connectivity index (χ4n) is 4.01. The molecule has 0 spiro atoms. The fourth-order valence-corrected chi connectivity index (χ4v) is 4.01. The minimum absolute atomic E-state index is 0.0137. The van der Waals surface area contributed by atoms with Gasteiger partial charge in [-0.15, -0.1) is 0 Å². The Morgan fingerprint density at radius 3 is 2.46 bits per heavy atom. The van der Waals surface area contributed by atoms with E-state index in [2.05, 4.69) is 5.32 Å². The summed E-state index contributed by atoms with van der Waals surface area (Å²) in [5.74, 6) is -1.50. The molecule has 3 rings (SSSR count). The van der Waals surface area contributed by atoms with E-state index in [1.165, 1.54) is 12.1 Å². The van der Waals surface area contributed by atoms with Crippen molar-refractivity contribution in [3.63, 3.8) is 0 Å². The lowest BCUT2D eigenvalue weighted by atomic mass is 9.73. The molecular weight excluding hydrogens is 367 g/mol. The van der Waals surface area contributed by atoms with Gasteiger partial charge in [0.05, 0.1) is 17.5 Å². The van der Waals surface area contributed by atoms with Gasteiger partial charge in [-0.3, -0.25) is 4.79 Å². The van der Waals surface area contributed by atoms with E-state index in [-0.39, 0.29) is 17.9 Å². The number of anilines is 1. The quantitative estimate of drug-likeness (QED) is 0.648. The molecule has 150 valence electrons. The van der Waals surface area contributed by atoms with Gasteiger partial charge in [-0.1, -0.05) is 44.2 Å². The minimum Gasteiger partial charge on any atom is -0.481 e. The molecule has 3 nitrogen and oxygen atoms in total. The molecule has 0 aromatic heterocycles. The van der Waals surface area contributed by atoms with Gasteiger partial charge in [0, 0.05) is 5.69 Å². The zero-order valence-electron chi connectivity index (χ0n) is 15.8. The first-order valence-electron chi connectivity index (χ1n) is 9.44. The molecule has 0 fully saturated rings. The van der Waals surface area contributed by atoms with Gasteiger partial charge in [-0.2, -0.15) is 13.2 Å². The van der Waals surface area contributed by atoms with Crippen molar-refractivity contribution in [1.29, 1.82) is 0 Å². The number of halogens is 3. The summed E-state index contributed by atoms with van der Waals surface area (Å²) in [4.78, 5) is 11.2. The molecule has 1 aliphatic rings. The van der Waals surface area contributed by atoms with Crippen LogP contribution in [0.5, 0.6) is 0 Å². The van der Waals surface area contributed by atoms with Crippen molar-refractivity contribution in [1.82, 2.24) is 0 Å². The molecule has 6 heteroatoms. The number of aliphatic carboxylic acids is 1. The van der Waals surface area contributed by atoms with Crippen LogP contribution in [-0.2, 0) is 11.0 Å². The maximum absolute atomic E-state index is 13.2. The van der Waals surface area contributed by atoms with Crippen LogP contribution in [0.3, 0.4) is 0 Å². The topological polar surface area (TPSA) is 49.3 Å². The molecule has 0 amide bonds. The first-order valence-corrected chi connectivity index (χ1v) is 9.44. The summed E-state index contributed by atoms with van der Waals surface area (Å²) in [5.41, 5.74) is 1.73. The summed E-state index contributed by atoms with van der Waals surface area (Å²) in [7, 11) is 0.